The Morgan fingerprint density at radius 2 is 2.07 bits per heavy atom. The van der Waals surface area contributed by atoms with Crippen LogP contribution in [0.4, 0.5) is 0 Å². The quantitative estimate of drug-likeness (QED) is 0.392. The molecule has 0 radical (unpaired) electrons. The van der Waals surface area contributed by atoms with Crippen LogP contribution in [0.15, 0.2) is 41.4 Å². The second kappa shape index (κ2) is 12.6. The SMILES string of the molecule is CN=C(NCCCOCC1CCOC1)N1CCN(C/C=C/c2ccccc2)CC1. The fraction of sp³-hybridized carbons (Fsp3) is 0.609. The summed E-state index contributed by atoms with van der Waals surface area (Å²) in [5.41, 5.74) is 1.26. The molecule has 1 aromatic rings. The van der Waals surface area contributed by atoms with Crippen LogP contribution < -0.4 is 5.32 Å². The van der Waals surface area contributed by atoms with Gasteiger partial charge in [-0.15, -0.1) is 0 Å². The van der Waals surface area contributed by atoms with E-state index >= 15 is 0 Å². The molecule has 0 bridgehead atoms. The molecule has 0 aromatic heterocycles. The molecule has 2 aliphatic heterocycles. The van der Waals surface area contributed by atoms with Crippen LogP contribution in [0.3, 0.4) is 0 Å². The van der Waals surface area contributed by atoms with Crippen LogP contribution in [-0.2, 0) is 9.47 Å². The summed E-state index contributed by atoms with van der Waals surface area (Å²) in [5, 5.41) is 3.49. The standard InChI is InChI=1S/C23H36N4O2/c1-24-23(25-11-6-17-28-19-22-10-18-29-20-22)27-15-13-26(14-16-27)12-5-9-21-7-3-2-4-8-21/h2-5,7-9,22H,6,10-20H2,1H3,(H,24,25)/b9-5+. The van der Waals surface area contributed by atoms with E-state index in [0.29, 0.717) is 5.92 Å². The number of nitrogens with zero attached hydrogens (tertiary/aromatic N) is 3. The van der Waals surface area contributed by atoms with Crippen LogP contribution in [0.25, 0.3) is 6.08 Å². The van der Waals surface area contributed by atoms with Gasteiger partial charge in [0, 0.05) is 65.4 Å². The third-order valence-corrected chi connectivity index (χ3v) is 5.48. The minimum Gasteiger partial charge on any atom is -0.381 e. The number of hydrogen-bond acceptors (Lipinski definition) is 4. The average Bonchev–Trinajstić information content (AvgIpc) is 3.28. The van der Waals surface area contributed by atoms with Gasteiger partial charge in [0.05, 0.1) is 13.2 Å². The van der Waals surface area contributed by atoms with E-state index in [1.807, 2.05) is 7.05 Å². The van der Waals surface area contributed by atoms with Crippen LogP contribution in [0, 0.1) is 5.92 Å². The molecule has 0 amide bonds. The summed E-state index contributed by atoms with van der Waals surface area (Å²) in [6.45, 7) is 9.41. The topological polar surface area (TPSA) is 49.3 Å². The van der Waals surface area contributed by atoms with Gasteiger partial charge in [0.15, 0.2) is 5.96 Å². The predicted octanol–water partition coefficient (Wildman–Crippen LogP) is 2.34. The van der Waals surface area contributed by atoms with Crippen molar-refractivity contribution in [1.82, 2.24) is 15.1 Å². The predicted molar refractivity (Wildman–Crippen MR) is 119 cm³/mol. The van der Waals surface area contributed by atoms with Crippen molar-refractivity contribution in [3.05, 3.63) is 42.0 Å². The first-order valence-corrected chi connectivity index (χ1v) is 10.9. The lowest BCUT2D eigenvalue weighted by Gasteiger charge is -2.36. The molecule has 2 fully saturated rings. The summed E-state index contributed by atoms with van der Waals surface area (Å²) in [6.07, 6.45) is 6.60. The molecule has 1 unspecified atom stereocenters. The Bertz CT molecular complexity index is 621. The Hall–Kier alpha value is -1.89. The third kappa shape index (κ3) is 7.80. The zero-order valence-electron chi connectivity index (χ0n) is 17.8. The highest BCUT2D eigenvalue weighted by atomic mass is 16.5. The normalized spacial score (nSPS) is 21.2. The highest BCUT2D eigenvalue weighted by molar-refractivity contribution is 5.79. The van der Waals surface area contributed by atoms with Crippen LogP contribution in [0.5, 0.6) is 0 Å². The molecule has 2 aliphatic rings. The molecule has 1 atom stereocenters. The van der Waals surface area contributed by atoms with Crippen molar-refractivity contribution in [1.29, 1.82) is 0 Å². The Kier molecular flexibility index (Phi) is 9.50. The number of piperazine rings is 1. The maximum atomic E-state index is 5.78. The van der Waals surface area contributed by atoms with E-state index in [1.54, 1.807) is 0 Å². The lowest BCUT2D eigenvalue weighted by molar-refractivity contribution is 0.0886. The lowest BCUT2D eigenvalue weighted by atomic mass is 10.1. The Morgan fingerprint density at radius 1 is 1.24 bits per heavy atom. The molecule has 6 nitrogen and oxygen atoms in total. The minimum absolute atomic E-state index is 0.592. The van der Waals surface area contributed by atoms with Gasteiger partial charge in [0.25, 0.3) is 0 Å². The van der Waals surface area contributed by atoms with Crippen LogP contribution in [0.1, 0.15) is 18.4 Å². The van der Waals surface area contributed by atoms with Crippen LogP contribution in [0.2, 0.25) is 0 Å². The maximum absolute atomic E-state index is 5.78. The Balaban J connectivity index is 1.26. The molecule has 29 heavy (non-hydrogen) atoms. The lowest BCUT2D eigenvalue weighted by Crippen LogP contribution is -2.52. The smallest absolute Gasteiger partial charge is 0.193 e. The number of ether oxygens (including phenoxy) is 2. The van der Waals surface area contributed by atoms with Gasteiger partial charge in [-0.1, -0.05) is 42.5 Å². The molecule has 2 saturated heterocycles. The zero-order chi connectivity index (χ0) is 20.2. The van der Waals surface area contributed by atoms with E-state index < -0.39 is 0 Å². The molecule has 1 N–H and O–H groups in total. The summed E-state index contributed by atoms with van der Waals surface area (Å²) in [4.78, 5) is 9.31. The van der Waals surface area contributed by atoms with Crippen molar-refractivity contribution in [2.75, 3.05) is 72.7 Å². The molecule has 3 rings (SSSR count). The van der Waals surface area contributed by atoms with E-state index in [1.165, 1.54) is 5.56 Å². The van der Waals surface area contributed by atoms with Crippen molar-refractivity contribution in [2.24, 2.45) is 10.9 Å². The summed E-state index contributed by atoms with van der Waals surface area (Å²) in [5.74, 6) is 1.60. The molecular weight excluding hydrogens is 364 g/mol. The number of guanidine groups is 1. The Labute approximate surface area is 175 Å². The van der Waals surface area contributed by atoms with Gasteiger partial charge in [0.1, 0.15) is 0 Å². The highest BCUT2D eigenvalue weighted by Gasteiger charge is 2.18. The highest BCUT2D eigenvalue weighted by Crippen LogP contribution is 2.12. The molecule has 0 aliphatic carbocycles. The van der Waals surface area contributed by atoms with Gasteiger partial charge < -0.3 is 19.7 Å². The number of nitrogens with one attached hydrogen (secondary N) is 1. The van der Waals surface area contributed by atoms with E-state index in [0.717, 1.165) is 84.5 Å². The molecule has 0 saturated carbocycles. The molecule has 6 heteroatoms. The fourth-order valence-corrected chi connectivity index (χ4v) is 3.72. The number of aliphatic imine (C=N–C) groups is 1. The van der Waals surface area contributed by atoms with Gasteiger partial charge in [-0.25, -0.2) is 0 Å². The molecule has 160 valence electrons. The van der Waals surface area contributed by atoms with E-state index in [2.05, 4.69) is 62.6 Å². The molecule has 0 spiro atoms. The first-order valence-electron chi connectivity index (χ1n) is 10.9. The molecule has 1 aromatic carbocycles. The summed E-state index contributed by atoms with van der Waals surface area (Å²) in [7, 11) is 1.87. The number of rotatable bonds is 9. The second-order valence-corrected chi connectivity index (χ2v) is 7.73. The van der Waals surface area contributed by atoms with Crippen molar-refractivity contribution in [3.8, 4) is 0 Å². The first kappa shape index (κ1) is 21.8. The minimum atomic E-state index is 0.592. The Morgan fingerprint density at radius 3 is 2.79 bits per heavy atom. The van der Waals surface area contributed by atoms with Crippen molar-refractivity contribution < 1.29 is 9.47 Å². The van der Waals surface area contributed by atoms with Gasteiger partial charge in [-0.05, 0) is 18.4 Å². The van der Waals surface area contributed by atoms with Gasteiger partial charge in [-0.3, -0.25) is 9.89 Å². The number of benzene rings is 1. The largest absolute Gasteiger partial charge is 0.381 e. The fourth-order valence-electron chi connectivity index (χ4n) is 3.72. The maximum Gasteiger partial charge on any atom is 0.193 e. The van der Waals surface area contributed by atoms with E-state index in [-0.39, 0.29) is 0 Å². The van der Waals surface area contributed by atoms with Crippen molar-refractivity contribution in [2.45, 2.75) is 12.8 Å². The van der Waals surface area contributed by atoms with E-state index in [9.17, 15) is 0 Å². The van der Waals surface area contributed by atoms with Gasteiger partial charge >= 0.3 is 0 Å². The first-order chi connectivity index (χ1) is 14.3. The van der Waals surface area contributed by atoms with E-state index in [4.69, 9.17) is 9.47 Å². The van der Waals surface area contributed by atoms with Crippen molar-refractivity contribution in [3.63, 3.8) is 0 Å². The van der Waals surface area contributed by atoms with Crippen LogP contribution in [-0.4, -0.2) is 88.5 Å². The second-order valence-electron chi connectivity index (χ2n) is 7.73. The zero-order valence-corrected chi connectivity index (χ0v) is 17.8. The third-order valence-electron chi connectivity index (χ3n) is 5.48. The number of hydrogen-bond donors (Lipinski definition) is 1. The van der Waals surface area contributed by atoms with Crippen LogP contribution >= 0.6 is 0 Å². The summed E-state index contributed by atoms with van der Waals surface area (Å²) >= 11 is 0. The van der Waals surface area contributed by atoms with Gasteiger partial charge in [0.2, 0.25) is 0 Å². The van der Waals surface area contributed by atoms with Crippen molar-refractivity contribution >= 4 is 12.0 Å². The average molecular weight is 401 g/mol. The molecule has 2 heterocycles. The molecular formula is C23H36N4O2. The summed E-state index contributed by atoms with van der Waals surface area (Å²) < 4.78 is 11.2. The summed E-state index contributed by atoms with van der Waals surface area (Å²) in [6, 6.07) is 10.5. The van der Waals surface area contributed by atoms with Gasteiger partial charge in [-0.2, -0.15) is 0 Å². The monoisotopic (exact) mass is 400 g/mol.